The van der Waals surface area contributed by atoms with Crippen LogP contribution in [0.15, 0.2) is 48.6 Å². The molecule has 1 aromatic carbocycles. The second kappa shape index (κ2) is 5.44. The number of benzene rings is 1. The Balaban J connectivity index is 1.85. The summed E-state index contributed by atoms with van der Waals surface area (Å²) in [5, 5.41) is 12.2. The summed E-state index contributed by atoms with van der Waals surface area (Å²) < 4.78 is 6.06. The van der Waals surface area contributed by atoms with Crippen molar-refractivity contribution in [2.24, 2.45) is 11.8 Å². The van der Waals surface area contributed by atoms with Gasteiger partial charge in [0.2, 0.25) is 5.91 Å². The number of anilines is 1. The van der Waals surface area contributed by atoms with Crippen molar-refractivity contribution in [3.05, 3.63) is 53.6 Å². The van der Waals surface area contributed by atoms with Gasteiger partial charge in [0.25, 0.3) is 0 Å². The lowest BCUT2D eigenvalue weighted by atomic mass is 9.74. The molecule has 0 aromatic heterocycles. The van der Waals surface area contributed by atoms with Gasteiger partial charge in [-0.3, -0.25) is 4.79 Å². The molecule has 5 nitrogen and oxygen atoms in total. The molecule has 25 heavy (non-hydrogen) atoms. The fourth-order valence-corrected chi connectivity index (χ4v) is 4.62. The largest absolute Gasteiger partial charge is 0.550 e. The van der Waals surface area contributed by atoms with Gasteiger partial charge in [0.05, 0.1) is 18.1 Å². The van der Waals surface area contributed by atoms with Gasteiger partial charge in [-0.1, -0.05) is 35.4 Å². The Kier molecular flexibility index (Phi) is 3.56. The Hall–Kier alpha value is -2.11. The van der Waals surface area contributed by atoms with Crippen molar-refractivity contribution in [2.75, 3.05) is 4.90 Å². The van der Waals surface area contributed by atoms with Gasteiger partial charge in [0.1, 0.15) is 5.60 Å². The Morgan fingerprint density at radius 1 is 1.48 bits per heavy atom. The number of carboxylic acids is 1. The van der Waals surface area contributed by atoms with Crippen LogP contribution in [0.3, 0.4) is 0 Å². The third-order valence-corrected chi connectivity index (χ3v) is 5.56. The number of rotatable bonds is 4. The first-order chi connectivity index (χ1) is 11.8. The quantitative estimate of drug-likeness (QED) is 0.768. The van der Waals surface area contributed by atoms with Gasteiger partial charge in [0, 0.05) is 22.6 Å². The van der Waals surface area contributed by atoms with Gasteiger partial charge in [-0.2, -0.15) is 0 Å². The van der Waals surface area contributed by atoms with Crippen molar-refractivity contribution in [3.8, 4) is 0 Å². The number of ether oxygens (including phenoxy) is 1. The number of amides is 1. The molecule has 5 atom stereocenters. The average molecular weight is 359 g/mol. The molecule has 1 spiro atoms. The minimum Gasteiger partial charge on any atom is -0.550 e. The fraction of sp³-hybridized carbons (Fsp3) is 0.368. The second-order valence-corrected chi connectivity index (χ2v) is 7.42. The predicted molar refractivity (Wildman–Crippen MR) is 90.9 cm³/mol. The molecule has 2 fully saturated rings. The third-order valence-electron chi connectivity index (χ3n) is 5.32. The standard InChI is InChI=1S/C19H18ClNO4/c1-10(2)8-14-19-7-6-13(25-19)15(18(23)24)16(19)17(22)21(14)12-5-3-4-11(20)9-12/h3-7,9,13-16H,1,8H2,2H3,(H,23,24)/p-1/t13-,14+,15+,16-,19-/m1/s1. The summed E-state index contributed by atoms with van der Waals surface area (Å²) in [6.07, 6.45) is 3.47. The monoisotopic (exact) mass is 358 g/mol. The molecule has 2 saturated heterocycles. The summed E-state index contributed by atoms with van der Waals surface area (Å²) in [5.41, 5.74) is 0.551. The van der Waals surface area contributed by atoms with Crippen LogP contribution in [-0.2, 0) is 14.3 Å². The van der Waals surface area contributed by atoms with Crippen molar-refractivity contribution >= 4 is 29.2 Å². The molecular formula is C19H17ClNO4-. The zero-order valence-electron chi connectivity index (χ0n) is 13.6. The van der Waals surface area contributed by atoms with Crippen molar-refractivity contribution in [1.82, 2.24) is 0 Å². The first kappa shape index (κ1) is 16.4. The highest BCUT2D eigenvalue weighted by Crippen LogP contribution is 2.56. The number of hydrogen-bond donors (Lipinski definition) is 0. The molecule has 3 aliphatic heterocycles. The van der Waals surface area contributed by atoms with E-state index in [1.165, 1.54) is 0 Å². The van der Waals surface area contributed by atoms with E-state index in [0.717, 1.165) is 5.57 Å². The minimum atomic E-state index is -1.25. The molecule has 3 aliphatic rings. The van der Waals surface area contributed by atoms with Crippen molar-refractivity contribution in [3.63, 3.8) is 0 Å². The SMILES string of the molecule is C=C(C)C[C@@H]1N(c2cccc(Cl)c2)C(=O)[C@H]2[C@@H](C(=O)[O-])[C@H]3C=C[C@@]12O3. The lowest BCUT2D eigenvalue weighted by Gasteiger charge is -2.33. The molecule has 130 valence electrons. The first-order valence-corrected chi connectivity index (χ1v) is 8.54. The number of carbonyl (C=O) groups is 2. The molecule has 0 radical (unpaired) electrons. The number of hydrogen-bond acceptors (Lipinski definition) is 4. The molecule has 6 heteroatoms. The van der Waals surface area contributed by atoms with E-state index in [1.807, 2.05) is 13.0 Å². The van der Waals surface area contributed by atoms with Crippen LogP contribution in [0, 0.1) is 11.8 Å². The Morgan fingerprint density at radius 2 is 2.24 bits per heavy atom. The molecule has 1 amide bonds. The van der Waals surface area contributed by atoms with Crippen LogP contribution >= 0.6 is 11.6 Å². The van der Waals surface area contributed by atoms with Crippen LogP contribution in [0.25, 0.3) is 0 Å². The molecule has 0 unspecified atom stereocenters. The van der Waals surface area contributed by atoms with Crippen molar-refractivity contribution in [2.45, 2.75) is 31.1 Å². The van der Waals surface area contributed by atoms with E-state index in [4.69, 9.17) is 16.3 Å². The van der Waals surface area contributed by atoms with Crippen molar-refractivity contribution in [1.29, 1.82) is 0 Å². The van der Waals surface area contributed by atoms with Gasteiger partial charge >= 0.3 is 0 Å². The van der Waals surface area contributed by atoms with E-state index >= 15 is 0 Å². The number of nitrogens with zero attached hydrogens (tertiary/aromatic N) is 1. The molecule has 1 aromatic rings. The van der Waals surface area contributed by atoms with Crippen LogP contribution in [-0.4, -0.2) is 29.6 Å². The number of aliphatic carboxylic acids is 1. The maximum absolute atomic E-state index is 13.2. The number of fused-ring (bicyclic) bond motifs is 1. The van der Waals surface area contributed by atoms with E-state index in [0.29, 0.717) is 17.1 Å². The second-order valence-electron chi connectivity index (χ2n) is 6.98. The zero-order valence-corrected chi connectivity index (χ0v) is 14.4. The lowest BCUT2D eigenvalue weighted by molar-refractivity contribution is -0.313. The van der Waals surface area contributed by atoms with Gasteiger partial charge in [0.15, 0.2) is 0 Å². The Bertz CT molecular complexity index is 819. The molecule has 0 N–H and O–H groups in total. The zero-order chi connectivity index (χ0) is 17.9. The maximum Gasteiger partial charge on any atom is 0.234 e. The molecule has 0 aliphatic carbocycles. The summed E-state index contributed by atoms with van der Waals surface area (Å²) in [6.45, 7) is 5.85. The molecule has 2 bridgehead atoms. The fourth-order valence-electron chi connectivity index (χ4n) is 4.43. The van der Waals surface area contributed by atoms with Crippen LogP contribution < -0.4 is 10.0 Å². The van der Waals surface area contributed by atoms with Gasteiger partial charge < -0.3 is 19.5 Å². The van der Waals surface area contributed by atoms with Gasteiger partial charge in [-0.25, -0.2) is 0 Å². The van der Waals surface area contributed by atoms with E-state index < -0.39 is 29.5 Å². The van der Waals surface area contributed by atoms with Crippen molar-refractivity contribution < 1.29 is 19.4 Å². The third kappa shape index (κ3) is 2.19. The number of halogens is 1. The highest BCUT2D eigenvalue weighted by atomic mass is 35.5. The summed E-state index contributed by atoms with van der Waals surface area (Å²) in [6, 6.07) is 6.61. The van der Waals surface area contributed by atoms with E-state index in [-0.39, 0.29) is 11.9 Å². The molecular weight excluding hydrogens is 342 g/mol. The smallest absolute Gasteiger partial charge is 0.234 e. The highest BCUT2D eigenvalue weighted by Gasteiger charge is 2.69. The average Bonchev–Trinajstić information content (AvgIpc) is 3.16. The van der Waals surface area contributed by atoms with E-state index in [2.05, 4.69) is 6.58 Å². The van der Waals surface area contributed by atoms with Gasteiger partial charge in [-0.05, 0) is 31.5 Å². The molecule has 4 rings (SSSR count). The molecule has 3 heterocycles. The maximum atomic E-state index is 13.2. The van der Waals surface area contributed by atoms with E-state index in [1.54, 1.807) is 35.2 Å². The summed E-state index contributed by atoms with van der Waals surface area (Å²) >= 11 is 6.10. The Labute approximate surface area is 150 Å². The van der Waals surface area contributed by atoms with Crippen LogP contribution in [0.4, 0.5) is 5.69 Å². The minimum absolute atomic E-state index is 0.269. The Morgan fingerprint density at radius 3 is 2.88 bits per heavy atom. The number of carboxylic acid groups (broad SMARTS) is 1. The van der Waals surface area contributed by atoms with E-state index in [9.17, 15) is 14.7 Å². The summed E-state index contributed by atoms with van der Waals surface area (Å²) in [4.78, 5) is 26.5. The van der Waals surface area contributed by atoms with Crippen LogP contribution in [0.5, 0.6) is 0 Å². The van der Waals surface area contributed by atoms with Gasteiger partial charge in [-0.15, -0.1) is 6.58 Å². The van der Waals surface area contributed by atoms with Crippen LogP contribution in [0.2, 0.25) is 5.02 Å². The first-order valence-electron chi connectivity index (χ1n) is 8.16. The highest BCUT2D eigenvalue weighted by molar-refractivity contribution is 6.31. The number of carbonyl (C=O) groups excluding carboxylic acids is 2. The molecule has 0 saturated carbocycles. The topological polar surface area (TPSA) is 69.7 Å². The summed E-state index contributed by atoms with van der Waals surface area (Å²) in [7, 11) is 0. The van der Waals surface area contributed by atoms with Crippen LogP contribution in [0.1, 0.15) is 13.3 Å². The lowest BCUT2D eigenvalue weighted by Crippen LogP contribution is -2.46. The summed E-state index contributed by atoms with van der Waals surface area (Å²) in [5.74, 6) is -3.30. The predicted octanol–water partition coefficient (Wildman–Crippen LogP) is 1.71. The normalized spacial score (nSPS) is 35.3.